The van der Waals surface area contributed by atoms with Crippen LogP contribution in [0.25, 0.3) is 0 Å². The summed E-state index contributed by atoms with van der Waals surface area (Å²) >= 11 is 9.51. The fourth-order valence-corrected chi connectivity index (χ4v) is 2.77. The van der Waals surface area contributed by atoms with Crippen LogP contribution in [0.5, 0.6) is 5.75 Å². The molecule has 0 heterocycles. The number of ether oxygens (including phenoxy) is 1. The van der Waals surface area contributed by atoms with Crippen LogP contribution in [-0.2, 0) is 13.2 Å². The molecule has 5 heteroatoms. The first-order chi connectivity index (χ1) is 11.0. The molecule has 0 unspecified atom stereocenters. The molecule has 1 N–H and O–H groups in total. The van der Waals surface area contributed by atoms with E-state index in [-0.39, 0.29) is 12.4 Å². The highest BCUT2D eigenvalue weighted by Gasteiger charge is 2.10. The third-order valence-electron chi connectivity index (χ3n) is 3.32. The van der Waals surface area contributed by atoms with Crippen LogP contribution in [0.4, 0.5) is 4.39 Å². The van der Waals surface area contributed by atoms with Crippen LogP contribution in [0.1, 0.15) is 25.0 Å². The van der Waals surface area contributed by atoms with Gasteiger partial charge >= 0.3 is 0 Å². The molecule has 0 amide bonds. The third kappa shape index (κ3) is 5.48. The number of rotatable bonds is 7. The van der Waals surface area contributed by atoms with Crippen LogP contribution < -0.4 is 10.1 Å². The summed E-state index contributed by atoms with van der Waals surface area (Å²) in [6, 6.07) is 10.4. The van der Waals surface area contributed by atoms with Crippen molar-refractivity contribution in [2.45, 2.75) is 27.0 Å². The molecule has 0 aliphatic carbocycles. The molecule has 2 aromatic rings. The van der Waals surface area contributed by atoms with Gasteiger partial charge in [-0.25, -0.2) is 4.39 Å². The number of halogens is 3. The second kappa shape index (κ2) is 8.67. The number of benzene rings is 2. The van der Waals surface area contributed by atoms with Crippen molar-refractivity contribution in [1.82, 2.24) is 5.32 Å². The van der Waals surface area contributed by atoms with Gasteiger partial charge in [-0.05, 0) is 42.8 Å². The van der Waals surface area contributed by atoms with E-state index < -0.39 is 0 Å². The molecule has 124 valence electrons. The summed E-state index contributed by atoms with van der Waals surface area (Å²) in [6.07, 6.45) is 0. The minimum Gasteiger partial charge on any atom is -0.488 e. The van der Waals surface area contributed by atoms with E-state index in [1.54, 1.807) is 12.1 Å². The molecule has 2 aromatic carbocycles. The highest BCUT2D eigenvalue weighted by Crippen LogP contribution is 2.26. The van der Waals surface area contributed by atoms with E-state index in [1.165, 1.54) is 6.07 Å². The number of hydrogen-bond donors (Lipinski definition) is 1. The Morgan fingerprint density at radius 1 is 1.26 bits per heavy atom. The zero-order valence-electron chi connectivity index (χ0n) is 13.2. The van der Waals surface area contributed by atoms with Gasteiger partial charge in [0.05, 0.1) is 5.02 Å². The lowest BCUT2D eigenvalue weighted by Crippen LogP contribution is -2.19. The lowest BCUT2D eigenvalue weighted by Gasteiger charge is -2.14. The Morgan fingerprint density at radius 3 is 2.74 bits per heavy atom. The zero-order valence-corrected chi connectivity index (χ0v) is 15.5. The van der Waals surface area contributed by atoms with Crippen molar-refractivity contribution in [3.05, 3.63) is 62.8 Å². The van der Waals surface area contributed by atoms with E-state index in [9.17, 15) is 4.39 Å². The maximum Gasteiger partial charge on any atom is 0.131 e. The Labute approximate surface area is 150 Å². The average Bonchev–Trinajstić information content (AvgIpc) is 2.48. The van der Waals surface area contributed by atoms with Crippen LogP contribution in [-0.4, -0.2) is 6.54 Å². The summed E-state index contributed by atoms with van der Waals surface area (Å²) in [5, 5.41) is 3.77. The van der Waals surface area contributed by atoms with E-state index in [4.69, 9.17) is 16.3 Å². The fourth-order valence-electron chi connectivity index (χ4n) is 2.14. The first kappa shape index (κ1) is 18.2. The molecule has 0 atom stereocenters. The number of nitrogens with one attached hydrogen (secondary N) is 1. The smallest absolute Gasteiger partial charge is 0.131 e. The molecule has 2 nitrogen and oxygen atoms in total. The number of hydrogen-bond acceptors (Lipinski definition) is 2. The lowest BCUT2D eigenvalue weighted by atomic mass is 10.1. The van der Waals surface area contributed by atoms with Crippen molar-refractivity contribution in [3.8, 4) is 5.75 Å². The average molecular weight is 401 g/mol. The largest absolute Gasteiger partial charge is 0.488 e. The molecule has 0 aliphatic rings. The van der Waals surface area contributed by atoms with Gasteiger partial charge in [-0.2, -0.15) is 0 Å². The summed E-state index contributed by atoms with van der Waals surface area (Å²) in [7, 11) is 0. The molecule has 2 rings (SSSR count). The van der Waals surface area contributed by atoms with Crippen molar-refractivity contribution in [2.75, 3.05) is 6.54 Å². The molecule has 0 saturated heterocycles. The molecule has 0 bridgehead atoms. The molecule has 0 radical (unpaired) electrons. The van der Waals surface area contributed by atoms with Crippen LogP contribution in [0, 0.1) is 11.7 Å². The van der Waals surface area contributed by atoms with Gasteiger partial charge in [0.2, 0.25) is 0 Å². The molecule has 0 fully saturated rings. The Kier molecular flexibility index (Phi) is 6.88. The van der Waals surface area contributed by atoms with E-state index in [0.29, 0.717) is 23.0 Å². The predicted octanol–water partition coefficient (Wildman–Crippen LogP) is 5.57. The van der Waals surface area contributed by atoms with Crippen LogP contribution in [0.3, 0.4) is 0 Å². The van der Waals surface area contributed by atoms with Crippen molar-refractivity contribution in [3.63, 3.8) is 0 Å². The first-order valence-corrected chi connectivity index (χ1v) is 8.69. The second-order valence-electron chi connectivity index (χ2n) is 5.77. The molecular formula is C18H20BrClFNO. The third-order valence-corrected chi connectivity index (χ3v) is 4.17. The summed E-state index contributed by atoms with van der Waals surface area (Å²) in [5.74, 6) is 0.946. The van der Waals surface area contributed by atoms with Crippen LogP contribution in [0.15, 0.2) is 40.9 Å². The zero-order chi connectivity index (χ0) is 16.8. The molecular weight excluding hydrogens is 381 g/mol. The monoisotopic (exact) mass is 399 g/mol. The van der Waals surface area contributed by atoms with Crippen molar-refractivity contribution in [2.24, 2.45) is 5.92 Å². The summed E-state index contributed by atoms with van der Waals surface area (Å²) in [4.78, 5) is 0. The molecule has 0 aromatic heterocycles. The maximum atomic E-state index is 13.8. The van der Waals surface area contributed by atoms with Gasteiger partial charge in [-0.1, -0.05) is 47.4 Å². The topological polar surface area (TPSA) is 21.3 Å². The Morgan fingerprint density at radius 2 is 2.04 bits per heavy atom. The van der Waals surface area contributed by atoms with Crippen LogP contribution in [0.2, 0.25) is 5.02 Å². The van der Waals surface area contributed by atoms with Gasteiger partial charge in [0.1, 0.15) is 18.2 Å². The van der Waals surface area contributed by atoms with Crippen molar-refractivity contribution < 1.29 is 9.13 Å². The second-order valence-corrected chi connectivity index (χ2v) is 7.09. The minimum absolute atomic E-state index is 0.102. The standard InChI is InChI=1S/C18H20BrClFNO/c1-12(2)9-22-10-13-8-14(19)6-7-18(13)23-11-15-16(20)4-3-5-17(15)21/h3-8,12,22H,9-11H2,1-2H3. The minimum atomic E-state index is -0.353. The molecule has 0 aliphatic heterocycles. The van der Waals surface area contributed by atoms with E-state index in [0.717, 1.165) is 22.3 Å². The highest BCUT2D eigenvalue weighted by atomic mass is 79.9. The Bertz CT molecular complexity index is 643. The summed E-state index contributed by atoms with van der Waals surface area (Å²) in [6.45, 7) is 6.03. The van der Waals surface area contributed by atoms with Crippen LogP contribution >= 0.6 is 27.5 Å². The summed E-state index contributed by atoms with van der Waals surface area (Å²) < 4.78 is 20.6. The fraction of sp³-hybridized carbons (Fsp3) is 0.333. The van der Waals surface area contributed by atoms with Crippen molar-refractivity contribution >= 4 is 27.5 Å². The van der Waals surface area contributed by atoms with E-state index in [1.807, 2.05) is 18.2 Å². The van der Waals surface area contributed by atoms with E-state index >= 15 is 0 Å². The molecule has 0 saturated carbocycles. The maximum absolute atomic E-state index is 13.8. The molecule has 0 spiro atoms. The SMILES string of the molecule is CC(C)CNCc1cc(Br)ccc1OCc1c(F)cccc1Cl. The summed E-state index contributed by atoms with van der Waals surface area (Å²) in [5.41, 5.74) is 1.39. The van der Waals surface area contributed by atoms with Gasteiger partial charge in [0, 0.05) is 22.1 Å². The first-order valence-electron chi connectivity index (χ1n) is 7.52. The van der Waals surface area contributed by atoms with Gasteiger partial charge in [0.15, 0.2) is 0 Å². The highest BCUT2D eigenvalue weighted by molar-refractivity contribution is 9.10. The van der Waals surface area contributed by atoms with Gasteiger partial charge < -0.3 is 10.1 Å². The predicted molar refractivity (Wildman–Crippen MR) is 96.4 cm³/mol. The quantitative estimate of drug-likeness (QED) is 0.656. The van der Waals surface area contributed by atoms with Gasteiger partial charge in [-0.3, -0.25) is 0 Å². The van der Waals surface area contributed by atoms with Gasteiger partial charge in [-0.15, -0.1) is 0 Å². The Balaban J connectivity index is 2.10. The lowest BCUT2D eigenvalue weighted by molar-refractivity contribution is 0.296. The Hall–Kier alpha value is -1.10. The normalized spacial score (nSPS) is 11.0. The van der Waals surface area contributed by atoms with Crippen molar-refractivity contribution in [1.29, 1.82) is 0 Å². The van der Waals surface area contributed by atoms with Gasteiger partial charge in [0.25, 0.3) is 0 Å². The molecule has 23 heavy (non-hydrogen) atoms. The van der Waals surface area contributed by atoms with E-state index in [2.05, 4.69) is 35.1 Å².